The van der Waals surface area contributed by atoms with Gasteiger partial charge in [0.1, 0.15) is 11.4 Å². The monoisotopic (exact) mass is 324 g/mol. The van der Waals surface area contributed by atoms with Crippen LogP contribution in [0.5, 0.6) is 5.75 Å². The number of imidazole rings is 1. The van der Waals surface area contributed by atoms with Gasteiger partial charge in [-0.15, -0.1) is 0 Å². The molecule has 1 N–H and O–H groups in total. The van der Waals surface area contributed by atoms with Crippen LogP contribution >= 0.6 is 0 Å². The molecule has 0 radical (unpaired) electrons. The van der Waals surface area contributed by atoms with E-state index in [2.05, 4.69) is 11.9 Å². The van der Waals surface area contributed by atoms with Gasteiger partial charge in [-0.05, 0) is 42.8 Å². The van der Waals surface area contributed by atoms with Crippen molar-refractivity contribution < 1.29 is 14.6 Å². The Balaban J connectivity index is 1.98. The number of aromatic nitrogens is 2. The minimum atomic E-state index is -0.810. The van der Waals surface area contributed by atoms with Gasteiger partial charge in [-0.1, -0.05) is 13.0 Å². The van der Waals surface area contributed by atoms with Crippen molar-refractivity contribution in [2.75, 3.05) is 6.61 Å². The average Bonchev–Trinajstić information content (AvgIpc) is 2.97. The Hall–Kier alpha value is -2.82. The first kappa shape index (κ1) is 16.1. The number of benzene rings is 1. The van der Waals surface area contributed by atoms with E-state index in [9.17, 15) is 4.79 Å². The van der Waals surface area contributed by atoms with Crippen LogP contribution < -0.4 is 4.74 Å². The van der Waals surface area contributed by atoms with E-state index in [0.717, 1.165) is 34.8 Å². The number of ether oxygens (including phenoxy) is 1. The predicted octanol–water partition coefficient (Wildman–Crippen LogP) is 3.81. The van der Waals surface area contributed by atoms with Crippen LogP contribution in [0.3, 0.4) is 0 Å². The maximum Gasteiger partial charge on any atom is 0.303 e. The van der Waals surface area contributed by atoms with Crippen LogP contribution in [0, 0.1) is 0 Å². The lowest BCUT2D eigenvalue weighted by atomic mass is 10.1. The topological polar surface area (TPSA) is 63.8 Å². The van der Waals surface area contributed by atoms with Gasteiger partial charge in [0, 0.05) is 18.2 Å². The van der Waals surface area contributed by atoms with Gasteiger partial charge in [-0.2, -0.15) is 0 Å². The van der Waals surface area contributed by atoms with Gasteiger partial charge in [0.2, 0.25) is 0 Å². The van der Waals surface area contributed by atoms with Crippen molar-refractivity contribution in [3.8, 4) is 17.0 Å². The zero-order valence-electron chi connectivity index (χ0n) is 13.6. The van der Waals surface area contributed by atoms with Gasteiger partial charge in [-0.25, -0.2) is 4.98 Å². The maximum atomic E-state index is 11.0. The fourth-order valence-electron chi connectivity index (χ4n) is 2.67. The molecule has 24 heavy (non-hydrogen) atoms. The average molecular weight is 324 g/mol. The summed E-state index contributed by atoms with van der Waals surface area (Å²) < 4.78 is 7.57. The van der Waals surface area contributed by atoms with E-state index in [-0.39, 0.29) is 6.42 Å². The molecule has 124 valence electrons. The Labute approximate surface area is 140 Å². The largest absolute Gasteiger partial charge is 0.494 e. The molecule has 0 fully saturated rings. The molecular formula is C19H20N2O3. The van der Waals surface area contributed by atoms with Crippen molar-refractivity contribution in [3.05, 3.63) is 54.4 Å². The highest BCUT2D eigenvalue weighted by atomic mass is 16.5. The molecule has 0 atom stereocenters. The van der Waals surface area contributed by atoms with Crippen molar-refractivity contribution in [2.45, 2.75) is 26.2 Å². The normalized spacial score (nSPS) is 10.9. The van der Waals surface area contributed by atoms with Gasteiger partial charge in [-0.3, -0.25) is 4.79 Å². The van der Waals surface area contributed by atoms with Crippen LogP contribution in [0.2, 0.25) is 0 Å². The summed E-state index contributed by atoms with van der Waals surface area (Å²) in [5.74, 6) is 0.0200. The molecule has 0 saturated carbocycles. The third-order valence-electron chi connectivity index (χ3n) is 3.81. The molecule has 5 heteroatoms. The zero-order valence-corrected chi connectivity index (χ0v) is 13.6. The summed E-state index contributed by atoms with van der Waals surface area (Å²) in [5.41, 5.74) is 3.52. The lowest BCUT2D eigenvalue weighted by molar-refractivity contribution is -0.136. The second kappa shape index (κ2) is 7.17. The lowest BCUT2D eigenvalue weighted by Gasteiger charge is -2.07. The van der Waals surface area contributed by atoms with E-state index >= 15 is 0 Å². The maximum absolute atomic E-state index is 11.0. The quantitative estimate of drug-likeness (QED) is 0.718. The molecule has 5 nitrogen and oxygen atoms in total. The molecular weight excluding hydrogens is 304 g/mol. The lowest BCUT2D eigenvalue weighted by Crippen LogP contribution is -2.01. The standard InChI is InChI=1S/C19H20N2O3/c1-2-13-24-15-8-6-14(7-9-15)19-16(10-11-18(22)23)21-12-4-3-5-17(21)20-19/h3-9,12H,2,10-11,13H2,1H3,(H,22,23). The smallest absolute Gasteiger partial charge is 0.303 e. The summed E-state index contributed by atoms with van der Waals surface area (Å²) in [6.07, 6.45) is 3.40. The number of aliphatic carboxylic acids is 1. The van der Waals surface area contributed by atoms with E-state index in [4.69, 9.17) is 9.84 Å². The van der Waals surface area contributed by atoms with Gasteiger partial charge < -0.3 is 14.2 Å². The van der Waals surface area contributed by atoms with Crippen LogP contribution in [-0.4, -0.2) is 27.1 Å². The fraction of sp³-hybridized carbons (Fsp3) is 0.263. The summed E-state index contributed by atoms with van der Waals surface area (Å²) in [5, 5.41) is 9.02. The SMILES string of the molecule is CCCOc1ccc(-c2nc3ccccn3c2CCC(=O)O)cc1. The van der Waals surface area contributed by atoms with E-state index in [1.165, 1.54) is 0 Å². The second-order valence-electron chi connectivity index (χ2n) is 5.60. The molecule has 0 spiro atoms. The molecule has 0 bridgehead atoms. The molecule has 3 rings (SSSR count). The summed E-state index contributed by atoms with van der Waals surface area (Å²) in [6.45, 7) is 2.76. The highest BCUT2D eigenvalue weighted by Crippen LogP contribution is 2.27. The number of hydrogen-bond donors (Lipinski definition) is 1. The number of aryl methyl sites for hydroxylation is 1. The summed E-state index contributed by atoms with van der Waals surface area (Å²) in [7, 11) is 0. The molecule has 3 aromatic rings. The van der Waals surface area contributed by atoms with Crippen molar-refractivity contribution in [1.82, 2.24) is 9.38 Å². The van der Waals surface area contributed by atoms with Gasteiger partial charge >= 0.3 is 5.97 Å². The van der Waals surface area contributed by atoms with Crippen molar-refractivity contribution in [2.24, 2.45) is 0 Å². The Morgan fingerprint density at radius 1 is 1.21 bits per heavy atom. The summed E-state index contributed by atoms with van der Waals surface area (Å²) >= 11 is 0. The third kappa shape index (κ3) is 3.40. The zero-order chi connectivity index (χ0) is 16.9. The molecule has 0 aliphatic rings. The summed E-state index contributed by atoms with van der Waals surface area (Å²) in [4.78, 5) is 15.7. The molecule has 2 aromatic heterocycles. The number of hydrogen-bond acceptors (Lipinski definition) is 3. The van der Waals surface area contributed by atoms with Crippen LogP contribution in [0.4, 0.5) is 0 Å². The van der Waals surface area contributed by atoms with Crippen molar-refractivity contribution in [3.63, 3.8) is 0 Å². The number of nitrogens with zero attached hydrogens (tertiary/aromatic N) is 2. The van der Waals surface area contributed by atoms with E-state index in [1.54, 1.807) is 0 Å². The number of carbonyl (C=O) groups is 1. The Morgan fingerprint density at radius 3 is 2.71 bits per heavy atom. The Kier molecular flexibility index (Phi) is 4.79. The number of carboxylic acid groups (broad SMARTS) is 1. The molecule has 0 aliphatic heterocycles. The molecule has 0 saturated heterocycles. The molecule has 0 aliphatic carbocycles. The Bertz CT molecular complexity index is 837. The first-order valence-corrected chi connectivity index (χ1v) is 8.10. The third-order valence-corrected chi connectivity index (χ3v) is 3.81. The molecule has 0 unspecified atom stereocenters. The molecule has 0 amide bonds. The van der Waals surface area contributed by atoms with Crippen LogP contribution in [-0.2, 0) is 11.2 Å². The van der Waals surface area contributed by atoms with Crippen molar-refractivity contribution in [1.29, 1.82) is 0 Å². The first-order valence-electron chi connectivity index (χ1n) is 8.10. The van der Waals surface area contributed by atoms with Crippen LogP contribution in [0.1, 0.15) is 25.5 Å². The van der Waals surface area contributed by atoms with E-state index in [1.807, 2.05) is 53.1 Å². The number of fused-ring (bicyclic) bond motifs is 1. The second-order valence-corrected chi connectivity index (χ2v) is 5.60. The molecule has 2 heterocycles. The number of carboxylic acids is 1. The Morgan fingerprint density at radius 2 is 2.00 bits per heavy atom. The van der Waals surface area contributed by atoms with Crippen LogP contribution in [0.15, 0.2) is 48.7 Å². The van der Waals surface area contributed by atoms with Gasteiger partial charge in [0.05, 0.1) is 24.4 Å². The number of pyridine rings is 1. The minimum absolute atomic E-state index is 0.0768. The predicted molar refractivity (Wildman–Crippen MR) is 92.4 cm³/mol. The molecule has 1 aromatic carbocycles. The van der Waals surface area contributed by atoms with E-state index < -0.39 is 5.97 Å². The van der Waals surface area contributed by atoms with Crippen LogP contribution in [0.25, 0.3) is 16.9 Å². The number of rotatable bonds is 7. The minimum Gasteiger partial charge on any atom is -0.494 e. The first-order chi connectivity index (χ1) is 11.7. The van der Waals surface area contributed by atoms with E-state index in [0.29, 0.717) is 13.0 Å². The van der Waals surface area contributed by atoms with Gasteiger partial charge in [0.25, 0.3) is 0 Å². The highest BCUT2D eigenvalue weighted by molar-refractivity contribution is 5.70. The fourth-order valence-corrected chi connectivity index (χ4v) is 2.67. The highest BCUT2D eigenvalue weighted by Gasteiger charge is 2.15. The van der Waals surface area contributed by atoms with Gasteiger partial charge in [0.15, 0.2) is 0 Å². The van der Waals surface area contributed by atoms with Crippen molar-refractivity contribution >= 4 is 11.6 Å². The summed E-state index contributed by atoms with van der Waals surface area (Å²) in [6, 6.07) is 13.6.